The number of benzene rings is 1. The van der Waals surface area contributed by atoms with Crippen LogP contribution in [0.2, 0.25) is 0 Å². The molecule has 2 rings (SSSR count). The van der Waals surface area contributed by atoms with Crippen LogP contribution in [-0.4, -0.2) is 34.4 Å². The van der Waals surface area contributed by atoms with Gasteiger partial charge in [-0.2, -0.15) is 0 Å². The highest BCUT2D eigenvalue weighted by Gasteiger charge is 2.35. The van der Waals surface area contributed by atoms with E-state index in [9.17, 15) is 9.90 Å². The molecule has 1 fully saturated rings. The van der Waals surface area contributed by atoms with Gasteiger partial charge in [-0.05, 0) is 48.8 Å². The first-order valence-corrected chi connectivity index (χ1v) is 8.50. The molecule has 6 nitrogen and oxygen atoms in total. The van der Waals surface area contributed by atoms with Crippen LogP contribution in [0, 0.1) is 23.7 Å². The van der Waals surface area contributed by atoms with E-state index in [1.807, 2.05) is 0 Å². The molecule has 0 aromatic heterocycles. The second-order valence-corrected chi connectivity index (χ2v) is 6.97. The number of ketones is 1. The molecule has 6 heteroatoms. The van der Waals surface area contributed by atoms with Gasteiger partial charge in [0, 0.05) is 11.5 Å². The average molecular weight is 352 g/mol. The molecule has 1 saturated carbocycles. The summed E-state index contributed by atoms with van der Waals surface area (Å²) in [6.45, 7) is 6.64. The lowest BCUT2D eigenvalue weighted by atomic mass is 9.67. The second-order valence-electron chi connectivity index (χ2n) is 6.97. The van der Waals surface area contributed by atoms with Crippen molar-refractivity contribution in [2.45, 2.75) is 40.0 Å². The van der Waals surface area contributed by atoms with Crippen molar-refractivity contribution >= 4 is 11.9 Å². The van der Waals surface area contributed by atoms with Crippen molar-refractivity contribution in [2.24, 2.45) is 23.7 Å². The molecular weight excluding hydrogens is 324 g/mol. The molecule has 3 atom stereocenters. The zero-order chi connectivity index (χ0) is 19.1. The summed E-state index contributed by atoms with van der Waals surface area (Å²) in [4.78, 5) is 21.5. The molecule has 140 valence electrons. The molecule has 1 aliphatic rings. The summed E-state index contributed by atoms with van der Waals surface area (Å²) in [5.41, 5.74) is 0.648. The largest absolute Gasteiger partial charge is 0.504 e. The fraction of sp³-hybridized carbons (Fsp3) is 0.579. The van der Waals surface area contributed by atoms with E-state index in [1.165, 1.54) is 13.5 Å². The van der Waals surface area contributed by atoms with Gasteiger partial charge < -0.3 is 20.1 Å². The SMILES string of the molecule is COc1cc(C(=O)C2CC(C)CCC2C(C)C)ccc1O.O=C(O)O. The van der Waals surface area contributed by atoms with Crippen molar-refractivity contribution in [3.63, 3.8) is 0 Å². The van der Waals surface area contributed by atoms with Crippen molar-refractivity contribution in [2.75, 3.05) is 7.11 Å². The first-order chi connectivity index (χ1) is 11.7. The van der Waals surface area contributed by atoms with Crippen molar-refractivity contribution < 1.29 is 29.6 Å². The number of carbonyl (C=O) groups is 2. The van der Waals surface area contributed by atoms with E-state index >= 15 is 0 Å². The average Bonchev–Trinajstić information content (AvgIpc) is 2.53. The maximum Gasteiger partial charge on any atom is 0.503 e. The number of hydrogen-bond donors (Lipinski definition) is 3. The summed E-state index contributed by atoms with van der Waals surface area (Å²) in [6.07, 6.45) is 1.47. The van der Waals surface area contributed by atoms with Gasteiger partial charge in [0.05, 0.1) is 7.11 Å². The highest BCUT2D eigenvalue weighted by atomic mass is 16.6. The van der Waals surface area contributed by atoms with Gasteiger partial charge in [0.1, 0.15) is 0 Å². The van der Waals surface area contributed by atoms with E-state index in [1.54, 1.807) is 18.2 Å². The number of rotatable bonds is 4. The number of aromatic hydroxyl groups is 1. The van der Waals surface area contributed by atoms with E-state index in [-0.39, 0.29) is 17.5 Å². The van der Waals surface area contributed by atoms with E-state index in [0.717, 1.165) is 12.8 Å². The molecule has 1 aromatic rings. The maximum absolute atomic E-state index is 12.9. The van der Waals surface area contributed by atoms with Crippen LogP contribution in [-0.2, 0) is 0 Å². The van der Waals surface area contributed by atoms with Gasteiger partial charge in [-0.3, -0.25) is 4.79 Å². The zero-order valence-corrected chi connectivity index (χ0v) is 15.2. The first kappa shape index (κ1) is 20.8. The lowest BCUT2D eigenvalue weighted by molar-refractivity contribution is 0.0723. The quantitative estimate of drug-likeness (QED) is 0.689. The lowest BCUT2D eigenvalue weighted by Gasteiger charge is -2.36. The minimum atomic E-state index is -1.83. The number of methoxy groups -OCH3 is 1. The van der Waals surface area contributed by atoms with Crippen LogP contribution in [0.5, 0.6) is 11.5 Å². The monoisotopic (exact) mass is 352 g/mol. The van der Waals surface area contributed by atoms with E-state index < -0.39 is 6.16 Å². The normalized spacial score (nSPS) is 22.7. The smallest absolute Gasteiger partial charge is 0.503 e. The van der Waals surface area contributed by atoms with Crippen LogP contribution in [0.15, 0.2) is 18.2 Å². The third-order valence-corrected chi connectivity index (χ3v) is 4.82. The Balaban J connectivity index is 0.000000705. The van der Waals surface area contributed by atoms with Crippen LogP contribution >= 0.6 is 0 Å². The molecule has 0 radical (unpaired) electrons. The molecule has 0 amide bonds. The number of Topliss-reactive ketones (excluding diaryl/α,β-unsaturated/α-hetero) is 1. The molecule has 1 aliphatic carbocycles. The molecule has 0 saturated heterocycles. The third-order valence-electron chi connectivity index (χ3n) is 4.82. The van der Waals surface area contributed by atoms with Crippen molar-refractivity contribution in [1.82, 2.24) is 0 Å². The Bertz CT molecular complexity index is 592. The standard InChI is InChI=1S/C18H26O3.CH2O3/c1-11(2)14-7-5-12(3)9-15(14)18(20)13-6-8-16(19)17(10-13)21-4;2-1(3)4/h6,8,10-12,14-15,19H,5,7,9H2,1-4H3;(H2,2,3,4). The minimum absolute atomic E-state index is 0.0754. The summed E-state index contributed by atoms with van der Waals surface area (Å²) in [7, 11) is 1.50. The van der Waals surface area contributed by atoms with Gasteiger partial charge in [-0.15, -0.1) is 0 Å². The zero-order valence-electron chi connectivity index (χ0n) is 15.2. The number of carboxylic acid groups (broad SMARTS) is 2. The van der Waals surface area contributed by atoms with E-state index in [4.69, 9.17) is 19.7 Å². The summed E-state index contributed by atoms with van der Waals surface area (Å²) in [5.74, 6) is 2.30. The molecule has 0 bridgehead atoms. The number of phenols is 1. The van der Waals surface area contributed by atoms with E-state index in [0.29, 0.717) is 29.1 Å². The Morgan fingerprint density at radius 3 is 2.32 bits per heavy atom. The van der Waals surface area contributed by atoms with Crippen molar-refractivity contribution in [3.8, 4) is 11.5 Å². The van der Waals surface area contributed by atoms with Crippen molar-refractivity contribution in [3.05, 3.63) is 23.8 Å². The number of phenolic OH excluding ortho intramolecular Hbond substituents is 1. The van der Waals surface area contributed by atoms with Gasteiger partial charge in [-0.1, -0.05) is 27.2 Å². The van der Waals surface area contributed by atoms with Crippen LogP contribution in [0.3, 0.4) is 0 Å². The van der Waals surface area contributed by atoms with Gasteiger partial charge in [0.15, 0.2) is 17.3 Å². The Kier molecular flexibility index (Phi) is 7.74. The molecule has 0 spiro atoms. The highest BCUT2D eigenvalue weighted by Crippen LogP contribution is 2.40. The number of carbonyl (C=O) groups excluding carboxylic acids is 1. The molecule has 25 heavy (non-hydrogen) atoms. The van der Waals surface area contributed by atoms with Crippen LogP contribution in [0.4, 0.5) is 4.79 Å². The van der Waals surface area contributed by atoms with Gasteiger partial charge >= 0.3 is 6.16 Å². The van der Waals surface area contributed by atoms with Crippen molar-refractivity contribution in [1.29, 1.82) is 0 Å². The molecule has 1 aromatic carbocycles. The number of hydrogen-bond acceptors (Lipinski definition) is 4. The molecule has 0 heterocycles. The Labute approximate surface area is 148 Å². The Morgan fingerprint density at radius 2 is 1.80 bits per heavy atom. The summed E-state index contributed by atoms with van der Waals surface area (Å²) >= 11 is 0. The maximum atomic E-state index is 12.9. The fourth-order valence-electron chi connectivity index (χ4n) is 3.55. The van der Waals surface area contributed by atoms with Crippen LogP contribution in [0.1, 0.15) is 50.4 Å². The van der Waals surface area contributed by atoms with E-state index in [2.05, 4.69) is 20.8 Å². The summed E-state index contributed by atoms with van der Waals surface area (Å²) in [5, 5.41) is 23.6. The van der Waals surface area contributed by atoms with Crippen LogP contribution < -0.4 is 4.74 Å². The predicted octanol–water partition coefficient (Wildman–Crippen LogP) is 4.51. The molecule has 3 unspecified atom stereocenters. The highest BCUT2D eigenvalue weighted by molar-refractivity contribution is 5.98. The number of ether oxygens (including phenoxy) is 1. The van der Waals surface area contributed by atoms with Gasteiger partial charge in [0.25, 0.3) is 0 Å². The topological polar surface area (TPSA) is 104 Å². The summed E-state index contributed by atoms with van der Waals surface area (Å²) in [6, 6.07) is 4.91. The van der Waals surface area contributed by atoms with Crippen LogP contribution in [0.25, 0.3) is 0 Å². The van der Waals surface area contributed by atoms with Gasteiger partial charge in [0.2, 0.25) is 0 Å². The predicted molar refractivity (Wildman–Crippen MR) is 94.5 cm³/mol. The lowest BCUT2D eigenvalue weighted by Crippen LogP contribution is -2.33. The fourth-order valence-corrected chi connectivity index (χ4v) is 3.55. The minimum Gasteiger partial charge on any atom is -0.504 e. The molecular formula is C19H28O6. The summed E-state index contributed by atoms with van der Waals surface area (Å²) < 4.78 is 5.12. The molecule has 3 N–H and O–H groups in total. The third kappa shape index (κ3) is 5.96. The van der Waals surface area contributed by atoms with Gasteiger partial charge in [-0.25, -0.2) is 4.79 Å². The Hall–Kier alpha value is -2.24. The first-order valence-electron chi connectivity index (χ1n) is 8.50. The Morgan fingerprint density at radius 1 is 1.20 bits per heavy atom. The second kappa shape index (κ2) is 9.30. The molecule has 0 aliphatic heterocycles.